The van der Waals surface area contributed by atoms with Crippen molar-refractivity contribution in [1.82, 2.24) is 9.62 Å². The lowest BCUT2D eigenvalue weighted by atomic mass is 10.2. The van der Waals surface area contributed by atoms with Crippen LogP contribution < -0.4 is 9.46 Å². The number of sulfonamides is 1. The average Bonchev–Trinajstić information content (AvgIpc) is 3.35. The molecule has 0 bridgehead atoms. The first-order chi connectivity index (χ1) is 10.8. The summed E-state index contributed by atoms with van der Waals surface area (Å²) in [6, 6.07) is 3.89. The van der Waals surface area contributed by atoms with E-state index in [-0.39, 0.29) is 22.3 Å². The van der Waals surface area contributed by atoms with E-state index < -0.39 is 28.4 Å². The summed E-state index contributed by atoms with van der Waals surface area (Å²) in [7, 11) is -1.23. The molecule has 0 unspecified atom stereocenters. The van der Waals surface area contributed by atoms with Gasteiger partial charge >= 0.3 is 5.97 Å². The molecule has 0 spiro atoms. The summed E-state index contributed by atoms with van der Waals surface area (Å²) in [5.41, 5.74) is 0.104. The van der Waals surface area contributed by atoms with Crippen LogP contribution in [-0.2, 0) is 14.8 Å². The Kier molecular flexibility index (Phi) is 4.90. The Morgan fingerprint density at radius 3 is 2.52 bits per heavy atom. The molecule has 1 amide bonds. The van der Waals surface area contributed by atoms with E-state index in [0.29, 0.717) is 0 Å². The highest BCUT2D eigenvalue weighted by molar-refractivity contribution is 7.89. The number of aliphatic carboxylic acids is 1. The van der Waals surface area contributed by atoms with E-state index in [0.717, 1.165) is 12.8 Å². The summed E-state index contributed by atoms with van der Waals surface area (Å²) in [5, 5.41) is 8.94. The fraction of sp³-hybridized carbons (Fsp3) is 0.429. The van der Waals surface area contributed by atoms with Gasteiger partial charge in [0.2, 0.25) is 10.0 Å². The second-order valence-corrected chi connectivity index (χ2v) is 6.99. The van der Waals surface area contributed by atoms with Gasteiger partial charge in [-0.05, 0) is 38.1 Å². The Balaban J connectivity index is 2.41. The van der Waals surface area contributed by atoms with Crippen LogP contribution in [-0.4, -0.2) is 57.0 Å². The molecule has 1 aromatic rings. The molecule has 2 N–H and O–H groups in total. The van der Waals surface area contributed by atoms with E-state index in [9.17, 15) is 18.0 Å². The van der Waals surface area contributed by atoms with Gasteiger partial charge in [0, 0.05) is 11.6 Å². The number of nitrogens with one attached hydrogen (secondary N) is 1. The number of carbonyl (C=O) groups excluding carboxylic acids is 1. The van der Waals surface area contributed by atoms with Gasteiger partial charge in [-0.15, -0.1) is 0 Å². The first kappa shape index (κ1) is 17.2. The molecular weight excluding hydrogens is 324 g/mol. The van der Waals surface area contributed by atoms with E-state index in [4.69, 9.17) is 9.84 Å². The average molecular weight is 342 g/mol. The number of carbonyl (C=O) groups is 2. The molecule has 0 radical (unpaired) electrons. The molecule has 0 atom stereocenters. The van der Waals surface area contributed by atoms with Gasteiger partial charge in [0.15, 0.2) is 0 Å². The SMILES string of the molecule is CNS(=O)(=O)c1cc(C(=O)N(CC(=O)O)C2CC2)ccc1OC. The molecular formula is C14H18N2O6S. The molecule has 1 aliphatic rings. The molecule has 0 saturated heterocycles. The highest BCUT2D eigenvalue weighted by Crippen LogP contribution is 2.30. The molecule has 8 nitrogen and oxygen atoms in total. The molecule has 0 aliphatic heterocycles. The van der Waals surface area contributed by atoms with Crippen molar-refractivity contribution in [3.8, 4) is 5.75 Å². The van der Waals surface area contributed by atoms with Crippen molar-refractivity contribution in [3.63, 3.8) is 0 Å². The Morgan fingerprint density at radius 2 is 2.04 bits per heavy atom. The number of benzene rings is 1. The number of carboxylic acids is 1. The smallest absolute Gasteiger partial charge is 0.323 e. The Hall–Kier alpha value is -2.13. The predicted octanol–water partition coefficient (Wildman–Crippen LogP) is 0.293. The second-order valence-electron chi connectivity index (χ2n) is 5.13. The summed E-state index contributed by atoms with van der Waals surface area (Å²) in [5.74, 6) is -1.51. The van der Waals surface area contributed by atoms with Crippen molar-refractivity contribution in [2.75, 3.05) is 20.7 Å². The minimum atomic E-state index is -3.81. The third-order valence-electron chi connectivity index (χ3n) is 3.52. The van der Waals surface area contributed by atoms with Gasteiger partial charge in [0.05, 0.1) is 7.11 Å². The maximum absolute atomic E-state index is 12.5. The van der Waals surface area contributed by atoms with Crippen molar-refractivity contribution in [1.29, 1.82) is 0 Å². The van der Waals surface area contributed by atoms with Crippen LogP contribution in [0.25, 0.3) is 0 Å². The minimum absolute atomic E-state index is 0.104. The Labute approximate surface area is 134 Å². The van der Waals surface area contributed by atoms with Crippen LogP contribution in [0.4, 0.5) is 0 Å². The number of rotatable bonds is 7. The minimum Gasteiger partial charge on any atom is -0.495 e. The fourth-order valence-electron chi connectivity index (χ4n) is 2.19. The highest BCUT2D eigenvalue weighted by atomic mass is 32.2. The molecule has 2 rings (SSSR count). The number of nitrogens with zero attached hydrogens (tertiary/aromatic N) is 1. The van der Waals surface area contributed by atoms with Crippen molar-refractivity contribution in [2.45, 2.75) is 23.8 Å². The number of carboxylic acid groups (broad SMARTS) is 1. The van der Waals surface area contributed by atoms with Crippen molar-refractivity contribution in [2.24, 2.45) is 0 Å². The monoisotopic (exact) mass is 342 g/mol. The van der Waals surface area contributed by atoms with E-state index in [1.54, 1.807) is 0 Å². The first-order valence-electron chi connectivity index (χ1n) is 6.94. The molecule has 1 fully saturated rings. The second kappa shape index (κ2) is 6.55. The number of ether oxygens (including phenoxy) is 1. The van der Waals surface area contributed by atoms with Crippen molar-refractivity contribution < 1.29 is 27.9 Å². The highest BCUT2D eigenvalue weighted by Gasteiger charge is 2.35. The van der Waals surface area contributed by atoms with Gasteiger partial charge < -0.3 is 14.7 Å². The number of methoxy groups -OCH3 is 1. The van der Waals surface area contributed by atoms with Crippen LogP contribution in [0, 0.1) is 0 Å². The van der Waals surface area contributed by atoms with Gasteiger partial charge in [0.1, 0.15) is 17.2 Å². The quantitative estimate of drug-likeness (QED) is 0.736. The maximum Gasteiger partial charge on any atom is 0.323 e. The number of hydrogen-bond acceptors (Lipinski definition) is 5. The Morgan fingerprint density at radius 1 is 1.39 bits per heavy atom. The van der Waals surface area contributed by atoms with Gasteiger partial charge in [-0.25, -0.2) is 13.1 Å². The number of amides is 1. The van der Waals surface area contributed by atoms with Crippen LogP contribution in [0.1, 0.15) is 23.2 Å². The number of hydrogen-bond donors (Lipinski definition) is 2. The van der Waals surface area contributed by atoms with Crippen LogP contribution in [0.3, 0.4) is 0 Å². The van der Waals surface area contributed by atoms with Gasteiger partial charge in [-0.2, -0.15) is 0 Å². The third kappa shape index (κ3) is 3.80. The zero-order chi connectivity index (χ0) is 17.2. The lowest BCUT2D eigenvalue weighted by molar-refractivity contribution is -0.137. The molecule has 23 heavy (non-hydrogen) atoms. The van der Waals surface area contributed by atoms with Gasteiger partial charge in [0.25, 0.3) is 5.91 Å². The molecule has 0 aromatic heterocycles. The summed E-state index contributed by atoms with van der Waals surface area (Å²) in [6.45, 7) is -0.413. The van der Waals surface area contributed by atoms with Gasteiger partial charge in [-0.1, -0.05) is 0 Å². The molecule has 126 valence electrons. The first-order valence-corrected chi connectivity index (χ1v) is 8.43. The fourth-order valence-corrected chi connectivity index (χ4v) is 3.11. The molecule has 1 aliphatic carbocycles. The summed E-state index contributed by atoms with van der Waals surface area (Å²) < 4.78 is 31.3. The van der Waals surface area contributed by atoms with E-state index in [2.05, 4.69) is 4.72 Å². The van der Waals surface area contributed by atoms with Crippen molar-refractivity contribution >= 4 is 21.9 Å². The summed E-state index contributed by atoms with van der Waals surface area (Å²) >= 11 is 0. The lowest BCUT2D eigenvalue weighted by Gasteiger charge is -2.21. The Bertz CT molecular complexity index is 727. The standard InChI is InChI=1S/C14H18N2O6S/c1-15-23(20,21)12-7-9(3-6-11(12)22-2)14(19)16(8-13(17)18)10-4-5-10/h3,6-7,10,15H,4-5,8H2,1-2H3,(H,17,18). The van der Waals surface area contributed by atoms with Crippen LogP contribution in [0.15, 0.2) is 23.1 Å². The van der Waals surface area contributed by atoms with Gasteiger partial charge in [-0.3, -0.25) is 9.59 Å². The summed E-state index contributed by atoms with van der Waals surface area (Å²) in [6.07, 6.45) is 1.49. The zero-order valence-corrected chi connectivity index (χ0v) is 13.6. The van der Waals surface area contributed by atoms with Crippen LogP contribution >= 0.6 is 0 Å². The molecule has 1 saturated carbocycles. The summed E-state index contributed by atoms with van der Waals surface area (Å²) in [4.78, 5) is 24.5. The van der Waals surface area contributed by atoms with E-state index in [1.807, 2.05) is 0 Å². The third-order valence-corrected chi connectivity index (χ3v) is 4.96. The molecule has 0 heterocycles. The molecule has 1 aromatic carbocycles. The van der Waals surface area contributed by atoms with Crippen LogP contribution in [0.2, 0.25) is 0 Å². The molecule has 9 heteroatoms. The van der Waals surface area contributed by atoms with E-state index >= 15 is 0 Å². The predicted molar refractivity (Wildman–Crippen MR) is 80.9 cm³/mol. The topological polar surface area (TPSA) is 113 Å². The van der Waals surface area contributed by atoms with Crippen molar-refractivity contribution in [3.05, 3.63) is 23.8 Å². The maximum atomic E-state index is 12.5. The largest absolute Gasteiger partial charge is 0.495 e. The normalized spacial score (nSPS) is 14.3. The lowest BCUT2D eigenvalue weighted by Crippen LogP contribution is -2.37. The zero-order valence-electron chi connectivity index (χ0n) is 12.8. The van der Waals surface area contributed by atoms with E-state index in [1.165, 1.54) is 37.3 Å². The van der Waals surface area contributed by atoms with Crippen LogP contribution in [0.5, 0.6) is 5.75 Å².